The van der Waals surface area contributed by atoms with Crippen LogP contribution in [0.15, 0.2) is 0 Å². The van der Waals surface area contributed by atoms with Gasteiger partial charge in [-0.1, -0.05) is 0 Å². The molecule has 1 heterocycles. The lowest BCUT2D eigenvalue weighted by Gasteiger charge is -1.98. The first kappa shape index (κ1) is 8.44. The van der Waals surface area contributed by atoms with E-state index in [0.717, 1.165) is 0 Å². The highest BCUT2D eigenvalue weighted by Gasteiger charge is 2.01. The van der Waals surface area contributed by atoms with Crippen molar-refractivity contribution in [3.8, 4) is 0 Å². The maximum Gasteiger partial charge on any atom is 0.314 e. The van der Waals surface area contributed by atoms with Crippen LogP contribution < -0.4 is 10.6 Å². The fourth-order valence-electron chi connectivity index (χ4n) is 0.642. The van der Waals surface area contributed by atoms with Crippen molar-refractivity contribution < 1.29 is 4.79 Å². The van der Waals surface area contributed by atoms with Crippen molar-refractivity contribution in [2.75, 3.05) is 7.05 Å². The summed E-state index contributed by atoms with van der Waals surface area (Å²) in [5, 5.41) is 16.1. The lowest BCUT2D eigenvalue weighted by atomic mass is 10.6. The minimum Gasteiger partial charge on any atom is -0.341 e. The molecule has 1 aromatic heterocycles. The van der Waals surface area contributed by atoms with E-state index >= 15 is 0 Å². The van der Waals surface area contributed by atoms with Crippen LogP contribution in [0.5, 0.6) is 0 Å². The molecule has 0 aliphatic rings. The summed E-state index contributed by atoms with van der Waals surface area (Å²) in [7, 11) is 3.20. The third-order valence-corrected chi connectivity index (χ3v) is 1.18. The average Bonchev–Trinajstić information content (AvgIpc) is 2.47. The van der Waals surface area contributed by atoms with E-state index in [4.69, 9.17) is 0 Å². The molecule has 0 saturated heterocycles. The second-order valence-corrected chi connectivity index (χ2v) is 2.13. The monoisotopic (exact) mass is 170 g/mol. The molecule has 0 unspecified atom stereocenters. The molecule has 0 aliphatic heterocycles. The molecule has 0 spiro atoms. The molecule has 66 valence electrons. The van der Waals surface area contributed by atoms with E-state index < -0.39 is 0 Å². The van der Waals surface area contributed by atoms with Gasteiger partial charge in [-0.25, -0.2) is 4.79 Å². The highest BCUT2D eigenvalue weighted by molar-refractivity contribution is 5.73. The number of aromatic nitrogens is 4. The van der Waals surface area contributed by atoms with Crippen LogP contribution in [0.4, 0.5) is 4.79 Å². The van der Waals surface area contributed by atoms with Crippen molar-refractivity contribution in [1.29, 1.82) is 0 Å². The molecule has 12 heavy (non-hydrogen) atoms. The first-order valence-electron chi connectivity index (χ1n) is 3.41. The van der Waals surface area contributed by atoms with Crippen molar-refractivity contribution in [2.24, 2.45) is 7.05 Å². The number of hydrogen-bond donors (Lipinski definition) is 2. The number of amides is 2. The third-order valence-electron chi connectivity index (χ3n) is 1.18. The van der Waals surface area contributed by atoms with Gasteiger partial charge in [-0.2, -0.15) is 4.80 Å². The predicted octanol–water partition coefficient (Wildman–Crippen LogP) is -1.36. The second-order valence-electron chi connectivity index (χ2n) is 2.13. The van der Waals surface area contributed by atoms with E-state index in [1.165, 1.54) is 4.80 Å². The predicted molar refractivity (Wildman–Crippen MR) is 40.1 cm³/mol. The van der Waals surface area contributed by atoms with Gasteiger partial charge >= 0.3 is 6.03 Å². The molecule has 1 aromatic rings. The van der Waals surface area contributed by atoms with Gasteiger partial charge in [0, 0.05) is 7.05 Å². The average molecular weight is 170 g/mol. The number of nitrogens with one attached hydrogen (secondary N) is 2. The molecule has 7 heteroatoms. The van der Waals surface area contributed by atoms with Crippen molar-refractivity contribution >= 4 is 6.03 Å². The van der Waals surface area contributed by atoms with Crippen molar-refractivity contribution in [1.82, 2.24) is 30.8 Å². The van der Waals surface area contributed by atoms with Crippen LogP contribution in [-0.2, 0) is 13.6 Å². The summed E-state index contributed by atoms with van der Waals surface area (Å²) in [4.78, 5) is 12.0. The van der Waals surface area contributed by atoms with Gasteiger partial charge < -0.3 is 10.6 Å². The smallest absolute Gasteiger partial charge is 0.314 e. The van der Waals surface area contributed by atoms with Gasteiger partial charge in [0.15, 0.2) is 5.82 Å². The Balaban J connectivity index is 2.38. The normalized spacial score (nSPS) is 9.50. The van der Waals surface area contributed by atoms with Gasteiger partial charge in [-0.15, -0.1) is 10.2 Å². The third kappa shape index (κ3) is 2.19. The summed E-state index contributed by atoms with van der Waals surface area (Å²) >= 11 is 0. The number of carbonyl (C=O) groups is 1. The maximum absolute atomic E-state index is 10.7. The zero-order valence-corrected chi connectivity index (χ0v) is 6.90. The van der Waals surface area contributed by atoms with Crippen LogP contribution in [-0.4, -0.2) is 33.3 Å². The van der Waals surface area contributed by atoms with Crippen LogP contribution in [0.25, 0.3) is 0 Å². The number of nitrogens with zero attached hydrogens (tertiary/aromatic N) is 4. The minimum absolute atomic E-state index is 0.262. The van der Waals surface area contributed by atoms with E-state index in [2.05, 4.69) is 26.0 Å². The van der Waals surface area contributed by atoms with E-state index in [9.17, 15) is 4.79 Å². The lowest BCUT2D eigenvalue weighted by molar-refractivity contribution is 0.242. The summed E-state index contributed by atoms with van der Waals surface area (Å²) < 4.78 is 0. The van der Waals surface area contributed by atoms with Crippen LogP contribution in [0.3, 0.4) is 0 Å². The van der Waals surface area contributed by atoms with Crippen LogP contribution in [0.1, 0.15) is 5.82 Å². The van der Waals surface area contributed by atoms with Gasteiger partial charge in [-0.3, -0.25) is 0 Å². The van der Waals surface area contributed by atoms with Gasteiger partial charge in [0.1, 0.15) is 0 Å². The molecule has 2 N–H and O–H groups in total. The van der Waals surface area contributed by atoms with Gasteiger partial charge in [0.05, 0.1) is 13.6 Å². The Bertz CT molecular complexity index is 269. The Labute approximate surface area is 69.1 Å². The fraction of sp³-hybridized carbons (Fsp3) is 0.600. The Morgan fingerprint density at radius 1 is 1.67 bits per heavy atom. The molecular weight excluding hydrogens is 160 g/mol. The number of carbonyl (C=O) groups excluding carboxylic acids is 1. The zero-order chi connectivity index (χ0) is 8.97. The molecule has 0 saturated carbocycles. The highest BCUT2D eigenvalue weighted by Crippen LogP contribution is 1.82. The highest BCUT2D eigenvalue weighted by atomic mass is 16.2. The second kappa shape index (κ2) is 3.65. The maximum atomic E-state index is 10.7. The minimum atomic E-state index is -0.262. The number of urea groups is 1. The molecule has 7 nitrogen and oxygen atoms in total. The molecule has 0 aliphatic carbocycles. The molecule has 0 bridgehead atoms. The van der Waals surface area contributed by atoms with E-state index in [1.807, 2.05) is 0 Å². The zero-order valence-electron chi connectivity index (χ0n) is 6.90. The van der Waals surface area contributed by atoms with Gasteiger partial charge in [-0.05, 0) is 5.21 Å². The Kier molecular flexibility index (Phi) is 2.57. The molecular formula is C5H10N6O. The first-order valence-corrected chi connectivity index (χ1v) is 3.41. The lowest BCUT2D eigenvalue weighted by Crippen LogP contribution is -2.32. The fourth-order valence-corrected chi connectivity index (χ4v) is 0.642. The molecule has 0 fully saturated rings. The van der Waals surface area contributed by atoms with Crippen molar-refractivity contribution in [2.45, 2.75) is 6.54 Å². The summed E-state index contributed by atoms with van der Waals surface area (Å²) in [6, 6.07) is -0.262. The number of tetrazole rings is 1. The van der Waals surface area contributed by atoms with E-state index in [1.54, 1.807) is 14.1 Å². The number of hydrogen-bond acceptors (Lipinski definition) is 4. The van der Waals surface area contributed by atoms with Crippen molar-refractivity contribution in [3.05, 3.63) is 5.82 Å². The Hall–Kier alpha value is -1.66. The van der Waals surface area contributed by atoms with E-state index in [-0.39, 0.29) is 12.6 Å². The van der Waals surface area contributed by atoms with Gasteiger partial charge in [0.25, 0.3) is 0 Å². The molecule has 0 radical (unpaired) electrons. The molecule has 0 atom stereocenters. The summed E-state index contributed by atoms with van der Waals surface area (Å²) in [5.74, 6) is 0.487. The molecule has 0 aromatic carbocycles. The van der Waals surface area contributed by atoms with Crippen LogP contribution in [0.2, 0.25) is 0 Å². The summed E-state index contributed by atoms with van der Waals surface area (Å²) in [5.41, 5.74) is 0. The summed E-state index contributed by atoms with van der Waals surface area (Å²) in [6.45, 7) is 0.285. The standard InChI is InChI=1S/C5H10N6O/c1-6-5(12)7-3-4-8-10-11(2)9-4/h3H2,1-2H3,(H2,6,7,12). The topological polar surface area (TPSA) is 84.7 Å². The molecule has 2 amide bonds. The van der Waals surface area contributed by atoms with Gasteiger partial charge in [0.2, 0.25) is 0 Å². The quantitative estimate of drug-likeness (QED) is 0.574. The first-order chi connectivity index (χ1) is 5.72. The number of rotatable bonds is 2. The molecule has 1 rings (SSSR count). The van der Waals surface area contributed by atoms with Crippen LogP contribution in [0, 0.1) is 0 Å². The van der Waals surface area contributed by atoms with Crippen LogP contribution >= 0.6 is 0 Å². The van der Waals surface area contributed by atoms with E-state index in [0.29, 0.717) is 5.82 Å². The Morgan fingerprint density at radius 2 is 2.42 bits per heavy atom. The summed E-state index contributed by atoms with van der Waals surface area (Å²) in [6.07, 6.45) is 0. The SMILES string of the molecule is CNC(=O)NCc1nnn(C)n1. The Morgan fingerprint density at radius 3 is 2.92 bits per heavy atom. The van der Waals surface area contributed by atoms with Crippen molar-refractivity contribution in [3.63, 3.8) is 0 Å². The largest absolute Gasteiger partial charge is 0.341 e. The number of aryl methyl sites for hydroxylation is 1.